The Balaban J connectivity index is 1.39. The van der Waals surface area contributed by atoms with Crippen LogP contribution in [0.15, 0.2) is 55.0 Å². The average molecular weight is 417 g/mol. The van der Waals surface area contributed by atoms with Gasteiger partial charge in [0.25, 0.3) is 0 Å². The van der Waals surface area contributed by atoms with Crippen molar-refractivity contribution in [3.8, 4) is 0 Å². The highest BCUT2D eigenvalue weighted by atomic mass is 19.1. The molecule has 31 heavy (non-hydrogen) atoms. The van der Waals surface area contributed by atoms with Crippen LogP contribution in [-0.2, 0) is 13.6 Å². The molecule has 1 fully saturated rings. The van der Waals surface area contributed by atoms with Gasteiger partial charge in [0.05, 0.1) is 24.1 Å². The van der Waals surface area contributed by atoms with Crippen molar-refractivity contribution >= 4 is 22.5 Å². The van der Waals surface area contributed by atoms with Crippen LogP contribution in [0.3, 0.4) is 0 Å². The van der Waals surface area contributed by atoms with Crippen LogP contribution in [0.2, 0.25) is 0 Å². The van der Waals surface area contributed by atoms with Gasteiger partial charge in [-0.25, -0.2) is 14.4 Å². The molecule has 0 spiro atoms. The van der Waals surface area contributed by atoms with Crippen LogP contribution >= 0.6 is 0 Å². The number of pyridine rings is 1. The maximum absolute atomic E-state index is 13.9. The SMILES string of the molecule is Cc1cccc(Nc2cncc(C3CCCN3Cc3cn(C)c4ccc(F)cc34)n2)n1. The smallest absolute Gasteiger partial charge is 0.150 e. The first kappa shape index (κ1) is 19.6. The standard InChI is InChI=1S/C24H25FN6/c1-16-5-3-7-23(27-16)29-24-13-26-12-20(28-24)22-6-4-10-31(22)15-17-14-30(2)21-9-8-18(25)11-19(17)21/h3,5,7-9,11-14,22H,4,6,10,15H2,1-2H3,(H,27,28,29). The summed E-state index contributed by atoms with van der Waals surface area (Å²) >= 11 is 0. The van der Waals surface area contributed by atoms with Crippen molar-refractivity contribution in [1.82, 2.24) is 24.4 Å². The molecule has 0 amide bonds. The zero-order valence-corrected chi connectivity index (χ0v) is 17.7. The Hall–Kier alpha value is -3.32. The summed E-state index contributed by atoms with van der Waals surface area (Å²) in [4.78, 5) is 16.2. The molecule has 1 aromatic carbocycles. The molecule has 1 saturated heterocycles. The highest BCUT2D eigenvalue weighted by molar-refractivity contribution is 5.84. The number of halogens is 1. The third-order valence-corrected chi connectivity index (χ3v) is 5.91. The molecule has 0 saturated carbocycles. The van der Waals surface area contributed by atoms with Crippen LogP contribution in [0.1, 0.15) is 35.8 Å². The molecule has 1 aliphatic heterocycles. The zero-order chi connectivity index (χ0) is 21.4. The number of hydrogen-bond donors (Lipinski definition) is 1. The maximum Gasteiger partial charge on any atom is 0.150 e. The van der Waals surface area contributed by atoms with Crippen molar-refractivity contribution < 1.29 is 4.39 Å². The summed E-state index contributed by atoms with van der Waals surface area (Å²) in [5, 5.41) is 4.23. The summed E-state index contributed by atoms with van der Waals surface area (Å²) in [6.45, 7) is 3.70. The molecule has 158 valence electrons. The number of hydrogen-bond acceptors (Lipinski definition) is 5. The summed E-state index contributed by atoms with van der Waals surface area (Å²) in [6.07, 6.45) is 7.80. The third kappa shape index (κ3) is 4.01. The molecular weight excluding hydrogens is 391 g/mol. The lowest BCUT2D eigenvalue weighted by molar-refractivity contribution is 0.245. The van der Waals surface area contributed by atoms with Crippen LogP contribution in [0.5, 0.6) is 0 Å². The molecule has 1 aliphatic rings. The molecule has 0 bridgehead atoms. The van der Waals surface area contributed by atoms with E-state index >= 15 is 0 Å². The van der Waals surface area contributed by atoms with Gasteiger partial charge in [-0.15, -0.1) is 0 Å². The summed E-state index contributed by atoms with van der Waals surface area (Å²) < 4.78 is 15.9. The molecule has 7 heteroatoms. The largest absolute Gasteiger partial charge is 0.350 e. The molecule has 6 nitrogen and oxygen atoms in total. The Morgan fingerprint density at radius 1 is 1.13 bits per heavy atom. The fourth-order valence-electron chi connectivity index (χ4n) is 4.49. The number of likely N-dealkylation sites (tertiary alicyclic amines) is 1. The van der Waals surface area contributed by atoms with Gasteiger partial charge in [-0.2, -0.15) is 0 Å². The molecule has 4 aromatic rings. The maximum atomic E-state index is 13.9. The van der Waals surface area contributed by atoms with Gasteiger partial charge in [0.1, 0.15) is 17.5 Å². The molecular formula is C24H25FN6. The summed E-state index contributed by atoms with van der Waals surface area (Å²) in [5.41, 5.74) is 4.07. The molecule has 0 radical (unpaired) electrons. The number of anilines is 2. The monoisotopic (exact) mass is 416 g/mol. The molecule has 5 rings (SSSR count). The van der Waals surface area contributed by atoms with Crippen LogP contribution in [0, 0.1) is 12.7 Å². The Kier molecular flexibility index (Phi) is 5.11. The van der Waals surface area contributed by atoms with Gasteiger partial charge in [-0.05, 0) is 62.2 Å². The minimum Gasteiger partial charge on any atom is -0.350 e. The van der Waals surface area contributed by atoms with E-state index in [1.54, 1.807) is 12.3 Å². The second kappa shape index (κ2) is 8.07. The molecule has 1 N–H and O–H groups in total. The van der Waals surface area contributed by atoms with Gasteiger partial charge in [0.15, 0.2) is 0 Å². The van der Waals surface area contributed by atoms with Gasteiger partial charge in [-0.3, -0.25) is 9.88 Å². The van der Waals surface area contributed by atoms with Crippen LogP contribution in [0.4, 0.5) is 16.0 Å². The highest BCUT2D eigenvalue weighted by Gasteiger charge is 2.28. The molecule has 0 aliphatic carbocycles. The first-order valence-corrected chi connectivity index (χ1v) is 10.6. The quantitative estimate of drug-likeness (QED) is 0.502. The lowest BCUT2D eigenvalue weighted by Crippen LogP contribution is -2.23. The molecule has 4 heterocycles. The molecule has 1 atom stereocenters. The van der Waals surface area contributed by atoms with E-state index in [1.807, 2.05) is 44.4 Å². The average Bonchev–Trinajstić information content (AvgIpc) is 3.33. The number of nitrogens with one attached hydrogen (secondary N) is 1. The second-order valence-corrected chi connectivity index (χ2v) is 8.17. The minimum absolute atomic E-state index is 0.184. The van der Waals surface area contributed by atoms with Gasteiger partial charge in [0, 0.05) is 36.4 Å². The summed E-state index contributed by atoms with van der Waals surface area (Å²) in [5.74, 6) is 1.24. The Bertz CT molecular complexity index is 1230. The topological polar surface area (TPSA) is 58.9 Å². The first-order valence-electron chi connectivity index (χ1n) is 10.6. The number of nitrogens with zero attached hydrogens (tertiary/aromatic N) is 5. The Morgan fingerprint density at radius 2 is 2.03 bits per heavy atom. The summed E-state index contributed by atoms with van der Waals surface area (Å²) in [6, 6.07) is 11.0. The second-order valence-electron chi connectivity index (χ2n) is 8.17. The normalized spacial score (nSPS) is 16.8. The van der Waals surface area contributed by atoms with E-state index in [-0.39, 0.29) is 11.9 Å². The highest BCUT2D eigenvalue weighted by Crippen LogP contribution is 2.34. The van der Waals surface area contributed by atoms with E-state index in [0.29, 0.717) is 5.82 Å². The predicted octanol–water partition coefficient (Wildman–Crippen LogP) is 4.89. The van der Waals surface area contributed by atoms with E-state index in [1.165, 1.54) is 6.07 Å². The van der Waals surface area contributed by atoms with E-state index in [0.717, 1.165) is 59.6 Å². The number of fused-ring (bicyclic) bond motifs is 1. The number of aromatic nitrogens is 4. The van der Waals surface area contributed by atoms with Crippen molar-refractivity contribution in [2.75, 3.05) is 11.9 Å². The van der Waals surface area contributed by atoms with Crippen LogP contribution in [0.25, 0.3) is 10.9 Å². The fourth-order valence-corrected chi connectivity index (χ4v) is 4.49. The first-order chi connectivity index (χ1) is 15.1. The minimum atomic E-state index is -0.202. The van der Waals surface area contributed by atoms with Crippen molar-refractivity contribution in [2.45, 2.75) is 32.4 Å². The van der Waals surface area contributed by atoms with Crippen LogP contribution in [-0.4, -0.2) is 31.0 Å². The Morgan fingerprint density at radius 3 is 2.90 bits per heavy atom. The van der Waals surface area contributed by atoms with Crippen LogP contribution < -0.4 is 5.32 Å². The predicted molar refractivity (Wildman–Crippen MR) is 120 cm³/mol. The van der Waals surface area contributed by atoms with Gasteiger partial charge < -0.3 is 9.88 Å². The van der Waals surface area contributed by atoms with Gasteiger partial charge in [-0.1, -0.05) is 6.07 Å². The number of benzene rings is 1. The van der Waals surface area contributed by atoms with E-state index < -0.39 is 0 Å². The Labute approximate surface area is 180 Å². The van der Waals surface area contributed by atoms with Crippen molar-refractivity contribution in [2.24, 2.45) is 7.05 Å². The van der Waals surface area contributed by atoms with Gasteiger partial charge in [0.2, 0.25) is 0 Å². The molecule has 3 aromatic heterocycles. The van der Waals surface area contributed by atoms with Gasteiger partial charge >= 0.3 is 0 Å². The van der Waals surface area contributed by atoms with E-state index in [4.69, 9.17) is 4.98 Å². The van der Waals surface area contributed by atoms with Crippen molar-refractivity contribution in [3.05, 3.63) is 77.8 Å². The lowest BCUT2D eigenvalue weighted by atomic mass is 10.1. The molecule has 1 unspecified atom stereocenters. The van der Waals surface area contributed by atoms with Crippen molar-refractivity contribution in [3.63, 3.8) is 0 Å². The number of aryl methyl sites for hydroxylation is 2. The third-order valence-electron chi connectivity index (χ3n) is 5.91. The van der Waals surface area contributed by atoms with E-state index in [9.17, 15) is 4.39 Å². The lowest BCUT2D eigenvalue weighted by Gasteiger charge is -2.24. The fraction of sp³-hybridized carbons (Fsp3) is 0.292. The van der Waals surface area contributed by atoms with Crippen molar-refractivity contribution in [1.29, 1.82) is 0 Å². The van der Waals surface area contributed by atoms with E-state index in [2.05, 4.69) is 30.9 Å². The number of rotatable bonds is 5. The summed E-state index contributed by atoms with van der Waals surface area (Å²) in [7, 11) is 2.01. The zero-order valence-electron chi connectivity index (χ0n) is 17.7.